The van der Waals surface area contributed by atoms with Gasteiger partial charge in [0.25, 0.3) is 0 Å². The van der Waals surface area contributed by atoms with Gasteiger partial charge in [-0.15, -0.1) is 0 Å². The van der Waals surface area contributed by atoms with E-state index in [1.54, 1.807) is 13.0 Å². The summed E-state index contributed by atoms with van der Waals surface area (Å²) in [6.07, 6.45) is 1.70. The van der Waals surface area contributed by atoms with Crippen molar-refractivity contribution in [2.24, 2.45) is 11.8 Å². The zero-order valence-corrected chi connectivity index (χ0v) is 9.50. The van der Waals surface area contributed by atoms with Crippen LogP contribution in [-0.2, 0) is 4.79 Å². The van der Waals surface area contributed by atoms with Gasteiger partial charge in [0.15, 0.2) is 0 Å². The van der Waals surface area contributed by atoms with Gasteiger partial charge in [-0.05, 0) is 25.3 Å². The summed E-state index contributed by atoms with van der Waals surface area (Å²) in [6, 6.07) is 0. The summed E-state index contributed by atoms with van der Waals surface area (Å²) < 4.78 is 0. The quantitative estimate of drug-likeness (QED) is 0.507. The normalized spacial score (nSPS) is 14.5. The second-order valence-corrected chi connectivity index (χ2v) is 4.07. The van der Waals surface area contributed by atoms with Crippen molar-refractivity contribution >= 4 is 5.97 Å². The second-order valence-electron chi connectivity index (χ2n) is 4.07. The number of hydrogen-bond acceptors (Lipinski definition) is 2. The van der Waals surface area contributed by atoms with Gasteiger partial charge in [-0.25, -0.2) is 4.79 Å². The van der Waals surface area contributed by atoms with E-state index in [9.17, 15) is 4.79 Å². The van der Waals surface area contributed by atoms with Crippen LogP contribution >= 0.6 is 0 Å². The third kappa shape index (κ3) is 5.75. The molecule has 82 valence electrons. The number of nitrogens with one attached hydrogen (secondary N) is 1. The molecule has 0 aliphatic carbocycles. The molecule has 1 unspecified atom stereocenters. The van der Waals surface area contributed by atoms with Crippen molar-refractivity contribution in [3.05, 3.63) is 11.6 Å². The molecular weight excluding hydrogens is 178 g/mol. The lowest BCUT2D eigenvalue weighted by Crippen LogP contribution is -2.24. The molecule has 0 aromatic rings. The molecule has 0 saturated carbocycles. The topological polar surface area (TPSA) is 49.3 Å². The fourth-order valence-electron chi connectivity index (χ4n) is 0.859. The molecule has 0 aliphatic heterocycles. The van der Waals surface area contributed by atoms with Gasteiger partial charge in [0, 0.05) is 12.1 Å². The maximum absolute atomic E-state index is 10.4. The summed E-state index contributed by atoms with van der Waals surface area (Å²) in [5, 5.41) is 11.8. The molecular formula is C11H21NO2. The van der Waals surface area contributed by atoms with Crippen molar-refractivity contribution in [3.63, 3.8) is 0 Å². The highest BCUT2D eigenvalue weighted by Crippen LogP contribution is 2.07. The first kappa shape index (κ1) is 13.2. The zero-order chi connectivity index (χ0) is 11.1. The second kappa shape index (κ2) is 6.60. The van der Waals surface area contributed by atoms with Crippen molar-refractivity contribution in [3.8, 4) is 0 Å². The Hall–Kier alpha value is -0.830. The Balaban J connectivity index is 3.66. The van der Waals surface area contributed by atoms with Crippen LogP contribution in [0.15, 0.2) is 11.6 Å². The first-order valence-electron chi connectivity index (χ1n) is 5.06. The van der Waals surface area contributed by atoms with Crippen molar-refractivity contribution in [1.29, 1.82) is 0 Å². The van der Waals surface area contributed by atoms with E-state index in [-0.39, 0.29) is 0 Å². The van der Waals surface area contributed by atoms with E-state index in [1.165, 1.54) is 0 Å². The van der Waals surface area contributed by atoms with Gasteiger partial charge in [0.05, 0.1) is 0 Å². The summed E-state index contributed by atoms with van der Waals surface area (Å²) in [5.74, 6) is 0.435. The molecule has 0 fully saturated rings. The third-order valence-electron chi connectivity index (χ3n) is 2.49. The lowest BCUT2D eigenvalue weighted by atomic mass is 9.98. The Morgan fingerprint density at radius 1 is 1.43 bits per heavy atom. The van der Waals surface area contributed by atoms with Crippen LogP contribution in [-0.4, -0.2) is 24.2 Å². The molecule has 0 aromatic carbocycles. The zero-order valence-electron chi connectivity index (χ0n) is 9.50. The van der Waals surface area contributed by atoms with Crippen LogP contribution < -0.4 is 5.32 Å². The van der Waals surface area contributed by atoms with Gasteiger partial charge in [-0.3, -0.25) is 0 Å². The average Bonchev–Trinajstić information content (AvgIpc) is 2.11. The maximum Gasteiger partial charge on any atom is 0.330 e. The lowest BCUT2D eigenvalue weighted by molar-refractivity contribution is -0.132. The lowest BCUT2D eigenvalue weighted by Gasteiger charge is -2.15. The minimum Gasteiger partial charge on any atom is -0.478 e. The number of carboxylic acid groups (broad SMARTS) is 1. The average molecular weight is 199 g/mol. The molecule has 0 saturated heterocycles. The summed E-state index contributed by atoms with van der Waals surface area (Å²) >= 11 is 0. The summed E-state index contributed by atoms with van der Waals surface area (Å²) in [6.45, 7) is 9.73. The molecule has 2 N–H and O–H groups in total. The van der Waals surface area contributed by atoms with Crippen molar-refractivity contribution < 1.29 is 9.90 Å². The van der Waals surface area contributed by atoms with E-state index in [2.05, 4.69) is 26.1 Å². The first-order valence-corrected chi connectivity index (χ1v) is 5.06. The molecule has 0 rings (SSSR count). The van der Waals surface area contributed by atoms with Gasteiger partial charge in [0.2, 0.25) is 0 Å². The van der Waals surface area contributed by atoms with Gasteiger partial charge in [0.1, 0.15) is 0 Å². The van der Waals surface area contributed by atoms with Crippen LogP contribution in [0.25, 0.3) is 0 Å². The van der Waals surface area contributed by atoms with Gasteiger partial charge in [-0.1, -0.05) is 26.8 Å². The number of rotatable bonds is 6. The molecule has 0 heterocycles. The fraction of sp³-hybridized carbons (Fsp3) is 0.727. The number of aliphatic carboxylic acids is 1. The molecule has 14 heavy (non-hydrogen) atoms. The Bertz CT molecular complexity index is 209. The van der Waals surface area contributed by atoms with Crippen LogP contribution in [0.5, 0.6) is 0 Å². The Morgan fingerprint density at radius 2 is 2.00 bits per heavy atom. The monoisotopic (exact) mass is 199 g/mol. The van der Waals surface area contributed by atoms with Gasteiger partial charge >= 0.3 is 5.97 Å². The fourth-order valence-corrected chi connectivity index (χ4v) is 0.859. The molecule has 3 heteroatoms. The predicted octanol–water partition coefficient (Wildman–Crippen LogP) is 1.90. The van der Waals surface area contributed by atoms with Crippen LogP contribution in [0.4, 0.5) is 0 Å². The predicted molar refractivity (Wildman–Crippen MR) is 58.3 cm³/mol. The van der Waals surface area contributed by atoms with Crippen LogP contribution in [0, 0.1) is 11.8 Å². The SMILES string of the molecule is C/C(=C/CNCC(C)C(C)C)C(=O)O. The standard InChI is InChI=1S/C11H21NO2/c1-8(2)10(4)7-12-6-5-9(3)11(13)14/h5,8,10,12H,6-7H2,1-4H3,(H,13,14)/b9-5-. The Kier molecular flexibility index (Phi) is 6.21. The molecule has 0 bridgehead atoms. The number of carbonyl (C=O) groups is 1. The smallest absolute Gasteiger partial charge is 0.330 e. The highest BCUT2D eigenvalue weighted by Gasteiger charge is 2.05. The highest BCUT2D eigenvalue weighted by molar-refractivity contribution is 5.85. The largest absolute Gasteiger partial charge is 0.478 e. The van der Waals surface area contributed by atoms with Gasteiger partial charge < -0.3 is 10.4 Å². The summed E-state index contributed by atoms with van der Waals surface area (Å²) in [5.41, 5.74) is 0.398. The van der Waals surface area contributed by atoms with E-state index in [1.807, 2.05) is 0 Å². The summed E-state index contributed by atoms with van der Waals surface area (Å²) in [4.78, 5) is 10.4. The highest BCUT2D eigenvalue weighted by atomic mass is 16.4. The van der Waals surface area contributed by atoms with E-state index >= 15 is 0 Å². The molecule has 3 nitrogen and oxygen atoms in total. The minimum atomic E-state index is -0.844. The van der Waals surface area contributed by atoms with Crippen molar-refractivity contribution in [2.75, 3.05) is 13.1 Å². The van der Waals surface area contributed by atoms with E-state index in [0.717, 1.165) is 6.54 Å². The van der Waals surface area contributed by atoms with Crippen LogP contribution in [0.2, 0.25) is 0 Å². The van der Waals surface area contributed by atoms with Gasteiger partial charge in [-0.2, -0.15) is 0 Å². The first-order chi connectivity index (χ1) is 6.45. The van der Waals surface area contributed by atoms with Crippen molar-refractivity contribution in [2.45, 2.75) is 27.7 Å². The maximum atomic E-state index is 10.4. The Morgan fingerprint density at radius 3 is 2.43 bits per heavy atom. The van der Waals surface area contributed by atoms with Crippen LogP contribution in [0.1, 0.15) is 27.7 Å². The molecule has 0 amide bonds. The van der Waals surface area contributed by atoms with Crippen molar-refractivity contribution in [1.82, 2.24) is 5.32 Å². The van der Waals surface area contributed by atoms with Crippen LogP contribution in [0.3, 0.4) is 0 Å². The minimum absolute atomic E-state index is 0.398. The molecule has 0 aliphatic rings. The molecule has 0 radical (unpaired) electrons. The molecule has 1 atom stereocenters. The number of hydrogen-bond donors (Lipinski definition) is 2. The molecule has 0 aromatic heterocycles. The molecule has 0 spiro atoms. The van der Waals surface area contributed by atoms with E-state index in [0.29, 0.717) is 24.0 Å². The number of carboxylic acids is 1. The Labute approximate surface area is 86.2 Å². The third-order valence-corrected chi connectivity index (χ3v) is 2.49. The van der Waals surface area contributed by atoms with E-state index in [4.69, 9.17) is 5.11 Å². The van der Waals surface area contributed by atoms with E-state index < -0.39 is 5.97 Å². The summed E-state index contributed by atoms with van der Waals surface area (Å²) in [7, 11) is 0.